The molecule has 0 aliphatic rings. The second-order valence-corrected chi connectivity index (χ2v) is 6.34. The second kappa shape index (κ2) is 10.1. The smallest absolute Gasteiger partial charge is 0.336 e. The first-order chi connectivity index (χ1) is 11.5. The SMILES string of the molecule is CCCCc1cc(C(=O)O)c(CCCC)c(C(=O)O)c1CCCC. The summed E-state index contributed by atoms with van der Waals surface area (Å²) in [5.74, 6) is -2.02. The zero-order valence-electron chi connectivity index (χ0n) is 15.2. The van der Waals surface area contributed by atoms with Crippen molar-refractivity contribution in [2.24, 2.45) is 0 Å². The standard InChI is InChI=1S/C20H30O4/c1-4-7-10-14-13-17(19(21)22)16(12-9-6-3)18(20(23)24)15(14)11-8-5-2/h13H,4-12H2,1-3H3,(H,21,22)(H,23,24). The number of hydrogen-bond acceptors (Lipinski definition) is 2. The summed E-state index contributed by atoms with van der Waals surface area (Å²) >= 11 is 0. The van der Waals surface area contributed by atoms with Gasteiger partial charge in [0.05, 0.1) is 11.1 Å². The van der Waals surface area contributed by atoms with E-state index in [2.05, 4.69) is 13.8 Å². The normalized spacial score (nSPS) is 10.8. The summed E-state index contributed by atoms with van der Waals surface area (Å²) in [4.78, 5) is 23.7. The van der Waals surface area contributed by atoms with Crippen LogP contribution >= 0.6 is 0 Å². The first kappa shape index (κ1) is 20.2. The van der Waals surface area contributed by atoms with E-state index in [1.807, 2.05) is 6.92 Å². The Morgan fingerprint density at radius 2 is 1.29 bits per heavy atom. The summed E-state index contributed by atoms with van der Waals surface area (Å²) in [7, 11) is 0. The number of aryl methyl sites for hydroxylation is 1. The third-order valence-electron chi connectivity index (χ3n) is 4.44. The van der Waals surface area contributed by atoms with Crippen LogP contribution in [0, 0.1) is 0 Å². The molecule has 4 nitrogen and oxygen atoms in total. The van der Waals surface area contributed by atoms with Gasteiger partial charge in [-0.2, -0.15) is 0 Å². The monoisotopic (exact) mass is 334 g/mol. The molecule has 0 aromatic heterocycles. The van der Waals surface area contributed by atoms with Gasteiger partial charge in [0.25, 0.3) is 0 Å². The molecule has 0 aliphatic carbocycles. The van der Waals surface area contributed by atoms with Gasteiger partial charge in [0.15, 0.2) is 0 Å². The van der Waals surface area contributed by atoms with Gasteiger partial charge in [-0.05, 0) is 61.3 Å². The van der Waals surface area contributed by atoms with Gasteiger partial charge in [-0.3, -0.25) is 0 Å². The molecule has 0 amide bonds. The zero-order valence-corrected chi connectivity index (χ0v) is 15.2. The maximum atomic E-state index is 12.0. The number of aromatic carboxylic acids is 2. The number of carbonyl (C=O) groups is 2. The fraction of sp³-hybridized carbons (Fsp3) is 0.600. The van der Waals surface area contributed by atoms with E-state index < -0.39 is 11.9 Å². The molecule has 0 fully saturated rings. The molecule has 0 radical (unpaired) electrons. The fourth-order valence-electron chi connectivity index (χ4n) is 3.12. The van der Waals surface area contributed by atoms with E-state index in [0.29, 0.717) is 18.4 Å². The summed E-state index contributed by atoms with van der Waals surface area (Å²) in [5.41, 5.74) is 2.69. The second-order valence-electron chi connectivity index (χ2n) is 6.34. The van der Waals surface area contributed by atoms with E-state index in [-0.39, 0.29) is 11.1 Å². The molecule has 0 heterocycles. The molecule has 0 atom stereocenters. The van der Waals surface area contributed by atoms with Crippen LogP contribution in [0.15, 0.2) is 6.07 Å². The summed E-state index contributed by atoms with van der Waals surface area (Å²) in [6.45, 7) is 6.18. The molecule has 1 aromatic carbocycles. The molecule has 0 bridgehead atoms. The van der Waals surface area contributed by atoms with Gasteiger partial charge < -0.3 is 10.2 Å². The number of rotatable bonds is 11. The maximum Gasteiger partial charge on any atom is 0.336 e. The molecule has 1 rings (SSSR count). The summed E-state index contributed by atoms with van der Waals surface area (Å²) in [6, 6.07) is 1.74. The van der Waals surface area contributed by atoms with E-state index in [1.54, 1.807) is 6.07 Å². The molecule has 1 aromatic rings. The van der Waals surface area contributed by atoms with Crippen molar-refractivity contribution in [1.29, 1.82) is 0 Å². The van der Waals surface area contributed by atoms with Crippen LogP contribution in [0.3, 0.4) is 0 Å². The summed E-state index contributed by atoms with van der Waals surface area (Å²) in [6.07, 6.45) is 7.48. The number of unbranched alkanes of at least 4 members (excludes halogenated alkanes) is 3. The highest BCUT2D eigenvalue weighted by atomic mass is 16.4. The molecular weight excluding hydrogens is 304 g/mol. The molecule has 0 unspecified atom stereocenters. The minimum Gasteiger partial charge on any atom is -0.478 e. The quantitative estimate of drug-likeness (QED) is 0.589. The van der Waals surface area contributed by atoms with E-state index in [1.165, 1.54) is 0 Å². The van der Waals surface area contributed by atoms with Crippen LogP contribution in [0.4, 0.5) is 0 Å². The number of hydrogen-bond donors (Lipinski definition) is 2. The van der Waals surface area contributed by atoms with Gasteiger partial charge in [-0.25, -0.2) is 9.59 Å². The van der Waals surface area contributed by atoms with Crippen molar-refractivity contribution < 1.29 is 19.8 Å². The van der Waals surface area contributed by atoms with Crippen molar-refractivity contribution in [3.8, 4) is 0 Å². The van der Waals surface area contributed by atoms with Crippen LogP contribution in [0.5, 0.6) is 0 Å². The van der Waals surface area contributed by atoms with Crippen molar-refractivity contribution in [3.63, 3.8) is 0 Å². The molecular formula is C20H30O4. The van der Waals surface area contributed by atoms with E-state index in [0.717, 1.165) is 56.1 Å². The lowest BCUT2D eigenvalue weighted by molar-refractivity contribution is 0.0694. The summed E-state index contributed by atoms with van der Waals surface area (Å²) < 4.78 is 0. The van der Waals surface area contributed by atoms with Gasteiger partial charge in [0.1, 0.15) is 0 Å². The van der Waals surface area contributed by atoms with Crippen LogP contribution < -0.4 is 0 Å². The third-order valence-corrected chi connectivity index (χ3v) is 4.44. The first-order valence-electron chi connectivity index (χ1n) is 9.11. The number of benzene rings is 1. The molecule has 0 aliphatic heterocycles. The molecule has 134 valence electrons. The Labute approximate surface area is 144 Å². The molecule has 0 spiro atoms. The molecule has 0 saturated heterocycles. The van der Waals surface area contributed by atoms with Crippen molar-refractivity contribution in [2.75, 3.05) is 0 Å². The molecule has 0 saturated carbocycles. The van der Waals surface area contributed by atoms with Crippen molar-refractivity contribution in [3.05, 3.63) is 33.9 Å². The largest absolute Gasteiger partial charge is 0.478 e. The third kappa shape index (κ3) is 5.08. The van der Waals surface area contributed by atoms with E-state index >= 15 is 0 Å². The maximum absolute atomic E-state index is 12.0. The molecule has 2 N–H and O–H groups in total. The highest BCUT2D eigenvalue weighted by Gasteiger charge is 2.24. The topological polar surface area (TPSA) is 74.6 Å². The molecule has 24 heavy (non-hydrogen) atoms. The Morgan fingerprint density at radius 1 is 0.792 bits per heavy atom. The van der Waals surface area contributed by atoms with Crippen LogP contribution in [0.1, 0.15) is 96.7 Å². The predicted molar refractivity (Wildman–Crippen MR) is 96.2 cm³/mol. The van der Waals surface area contributed by atoms with Crippen LogP contribution in [0.25, 0.3) is 0 Å². The Kier molecular flexibility index (Phi) is 8.51. The van der Waals surface area contributed by atoms with Crippen LogP contribution in [-0.4, -0.2) is 22.2 Å². The number of carboxylic acid groups (broad SMARTS) is 2. The molecule has 4 heteroatoms. The lowest BCUT2D eigenvalue weighted by Crippen LogP contribution is -2.16. The predicted octanol–water partition coefficient (Wildman–Crippen LogP) is 5.11. The highest BCUT2D eigenvalue weighted by Crippen LogP contribution is 2.28. The Balaban J connectivity index is 3.58. The Hall–Kier alpha value is -1.84. The Bertz CT molecular complexity index is 575. The lowest BCUT2D eigenvalue weighted by Gasteiger charge is -2.19. The highest BCUT2D eigenvalue weighted by molar-refractivity contribution is 5.98. The first-order valence-corrected chi connectivity index (χ1v) is 9.11. The van der Waals surface area contributed by atoms with Gasteiger partial charge in [-0.1, -0.05) is 40.0 Å². The Morgan fingerprint density at radius 3 is 1.75 bits per heavy atom. The average molecular weight is 334 g/mol. The summed E-state index contributed by atoms with van der Waals surface area (Å²) in [5, 5.41) is 19.4. The van der Waals surface area contributed by atoms with Gasteiger partial charge in [-0.15, -0.1) is 0 Å². The average Bonchev–Trinajstić information content (AvgIpc) is 2.55. The van der Waals surface area contributed by atoms with Gasteiger partial charge in [0.2, 0.25) is 0 Å². The van der Waals surface area contributed by atoms with E-state index in [9.17, 15) is 19.8 Å². The van der Waals surface area contributed by atoms with Gasteiger partial charge in [0, 0.05) is 0 Å². The van der Waals surface area contributed by atoms with Crippen LogP contribution in [0.2, 0.25) is 0 Å². The van der Waals surface area contributed by atoms with Crippen molar-refractivity contribution in [1.82, 2.24) is 0 Å². The van der Waals surface area contributed by atoms with E-state index in [4.69, 9.17) is 0 Å². The van der Waals surface area contributed by atoms with Crippen LogP contribution in [-0.2, 0) is 19.3 Å². The van der Waals surface area contributed by atoms with Crippen molar-refractivity contribution in [2.45, 2.75) is 78.6 Å². The van der Waals surface area contributed by atoms with Gasteiger partial charge >= 0.3 is 11.9 Å². The number of carboxylic acids is 2. The lowest BCUT2D eigenvalue weighted by atomic mass is 9.85. The fourth-order valence-corrected chi connectivity index (χ4v) is 3.12. The minimum atomic E-state index is -1.02. The minimum absolute atomic E-state index is 0.173. The van der Waals surface area contributed by atoms with Crippen molar-refractivity contribution >= 4 is 11.9 Å². The zero-order chi connectivity index (χ0) is 18.1.